The first-order chi connectivity index (χ1) is 14.6. The molecule has 0 aliphatic carbocycles. The maximum atomic E-state index is 6.02. The van der Waals surface area contributed by atoms with Crippen LogP contribution in [0, 0.1) is 0 Å². The lowest BCUT2D eigenvalue weighted by Crippen LogP contribution is -2.28. The van der Waals surface area contributed by atoms with E-state index in [1.54, 1.807) is 18.9 Å². The van der Waals surface area contributed by atoms with Gasteiger partial charge >= 0.3 is 0 Å². The van der Waals surface area contributed by atoms with Crippen LogP contribution in [0.2, 0.25) is 5.02 Å². The van der Waals surface area contributed by atoms with Crippen LogP contribution < -0.4 is 15.6 Å². The number of hydrogen-bond acceptors (Lipinski definition) is 7. The molecule has 30 heavy (non-hydrogen) atoms. The number of ether oxygens (including phenoxy) is 1. The molecule has 3 atom stereocenters. The molecule has 2 aromatic carbocycles. The summed E-state index contributed by atoms with van der Waals surface area (Å²) in [5.41, 5.74) is 9.90. The molecule has 9 heteroatoms. The molecule has 154 valence electrons. The largest absolute Gasteiger partial charge is 0.497 e. The topological polar surface area (TPSA) is 76.4 Å². The molecule has 2 aliphatic heterocycles. The smallest absolute Gasteiger partial charge is 0.212 e. The third-order valence-electron chi connectivity index (χ3n) is 5.36. The number of rotatable bonds is 4. The fraction of sp³-hybridized carbons (Fsp3) is 0.286. The highest BCUT2D eigenvalue weighted by molar-refractivity contribution is 8.00. The Bertz CT molecular complexity index is 1100. The van der Waals surface area contributed by atoms with E-state index in [9.17, 15) is 0 Å². The van der Waals surface area contributed by atoms with Crippen molar-refractivity contribution < 1.29 is 4.74 Å². The van der Waals surface area contributed by atoms with Gasteiger partial charge in [0.15, 0.2) is 5.82 Å². The van der Waals surface area contributed by atoms with Gasteiger partial charge in [-0.25, -0.2) is 10.9 Å². The monoisotopic (exact) mass is 440 g/mol. The van der Waals surface area contributed by atoms with Gasteiger partial charge in [-0.15, -0.1) is 10.2 Å². The Labute approximate surface area is 183 Å². The zero-order chi connectivity index (χ0) is 20.7. The molecule has 5 rings (SSSR count). The number of hydrazine groups is 1. The SMILES string of the molecule is COc1cccc(C2=Nn3c(nnc3C3CC(c4ccc(Cl)cc4)NN3)SC2C)c1. The first kappa shape index (κ1) is 19.6. The van der Waals surface area contributed by atoms with Gasteiger partial charge in [-0.3, -0.25) is 0 Å². The van der Waals surface area contributed by atoms with Gasteiger partial charge in [-0.1, -0.05) is 47.6 Å². The molecule has 1 fully saturated rings. The fourth-order valence-corrected chi connectivity index (χ4v) is 4.84. The number of halogens is 1. The van der Waals surface area contributed by atoms with Crippen LogP contribution in [0.15, 0.2) is 58.8 Å². The Morgan fingerprint density at radius 3 is 2.70 bits per heavy atom. The summed E-state index contributed by atoms with van der Waals surface area (Å²) in [6.45, 7) is 2.13. The fourth-order valence-electron chi connectivity index (χ4n) is 3.78. The van der Waals surface area contributed by atoms with Crippen LogP contribution in [0.3, 0.4) is 0 Å². The third-order valence-corrected chi connectivity index (χ3v) is 6.66. The predicted molar refractivity (Wildman–Crippen MR) is 118 cm³/mol. The van der Waals surface area contributed by atoms with Gasteiger partial charge in [0.2, 0.25) is 5.16 Å². The minimum atomic E-state index is -0.00348. The predicted octanol–water partition coefficient (Wildman–Crippen LogP) is 3.97. The summed E-state index contributed by atoms with van der Waals surface area (Å²) in [5.74, 6) is 1.61. The average Bonchev–Trinajstić information content (AvgIpc) is 3.40. The van der Waals surface area contributed by atoms with E-state index in [0.29, 0.717) is 0 Å². The number of nitrogens with zero attached hydrogens (tertiary/aromatic N) is 4. The molecule has 3 heterocycles. The summed E-state index contributed by atoms with van der Waals surface area (Å²) >= 11 is 7.68. The van der Waals surface area contributed by atoms with Crippen molar-refractivity contribution in [2.24, 2.45) is 5.10 Å². The normalized spacial score (nSPS) is 23.2. The zero-order valence-corrected chi connectivity index (χ0v) is 18.1. The highest BCUT2D eigenvalue weighted by Crippen LogP contribution is 2.35. The molecule has 3 unspecified atom stereocenters. The molecule has 1 saturated heterocycles. The van der Waals surface area contributed by atoms with Crippen LogP contribution >= 0.6 is 23.4 Å². The summed E-state index contributed by atoms with van der Waals surface area (Å²) in [6, 6.07) is 16.0. The maximum Gasteiger partial charge on any atom is 0.212 e. The highest BCUT2D eigenvalue weighted by Gasteiger charge is 2.33. The van der Waals surface area contributed by atoms with Crippen LogP contribution in [-0.4, -0.2) is 32.9 Å². The van der Waals surface area contributed by atoms with Crippen LogP contribution in [0.1, 0.15) is 42.4 Å². The minimum Gasteiger partial charge on any atom is -0.497 e. The number of aromatic nitrogens is 3. The molecule has 0 spiro atoms. The van der Waals surface area contributed by atoms with Gasteiger partial charge in [0.25, 0.3) is 0 Å². The number of hydrogen-bond donors (Lipinski definition) is 2. The van der Waals surface area contributed by atoms with Crippen molar-refractivity contribution in [3.05, 3.63) is 70.5 Å². The lowest BCUT2D eigenvalue weighted by atomic mass is 10.0. The van der Waals surface area contributed by atoms with E-state index in [-0.39, 0.29) is 17.3 Å². The Balaban J connectivity index is 1.44. The lowest BCUT2D eigenvalue weighted by Gasteiger charge is -2.21. The van der Waals surface area contributed by atoms with E-state index < -0.39 is 0 Å². The van der Waals surface area contributed by atoms with Gasteiger partial charge in [-0.2, -0.15) is 9.78 Å². The van der Waals surface area contributed by atoms with Gasteiger partial charge < -0.3 is 4.74 Å². The zero-order valence-electron chi connectivity index (χ0n) is 16.5. The molecule has 0 radical (unpaired) electrons. The van der Waals surface area contributed by atoms with Crippen LogP contribution in [-0.2, 0) is 0 Å². The molecular weight excluding hydrogens is 420 g/mol. The third kappa shape index (κ3) is 3.60. The molecule has 2 N–H and O–H groups in total. The standard InChI is InChI=1S/C21H21ClN6OS/c1-12-19(14-4-3-5-16(10-14)29-2)27-28-20(25-26-21(28)30-12)18-11-17(23-24-18)13-6-8-15(22)9-7-13/h3-10,12,17-18,23-24H,11H2,1-2H3. The van der Waals surface area contributed by atoms with Crippen molar-refractivity contribution in [3.8, 4) is 5.75 Å². The van der Waals surface area contributed by atoms with Crippen molar-refractivity contribution in [3.63, 3.8) is 0 Å². The van der Waals surface area contributed by atoms with Crippen molar-refractivity contribution in [1.29, 1.82) is 0 Å². The summed E-state index contributed by atoms with van der Waals surface area (Å²) in [7, 11) is 1.67. The number of fused-ring (bicyclic) bond motifs is 1. The Morgan fingerprint density at radius 1 is 1.10 bits per heavy atom. The summed E-state index contributed by atoms with van der Waals surface area (Å²) in [5, 5.41) is 15.5. The van der Waals surface area contributed by atoms with Gasteiger partial charge in [0.05, 0.1) is 24.1 Å². The van der Waals surface area contributed by atoms with Crippen LogP contribution in [0.5, 0.6) is 5.75 Å². The van der Waals surface area contributed by atoms with Crippen LogP contribution in [0.4, 0.5) is 0 Å². The molecule has 2 aliphatic rings. The van der Waals surface area contributed by atoms with E-state index in [1.807, 2.05) is 47.1 Å². The van der Waals surface area contributed by atoms with E-state index in [4.69, 9.17) is 21.4 Å². The van der Waals surface area contributed by atoms with Crippen molar-refractivity contribution in [2.45, 2.75) is 35.8 Å². The Kier molecular flexibility index (Phi) is 5.24. The minimum absolute atomic E-state index is 0.00348. The molecule has 0 amide bonds. The molecule has 0 bridgehead atoms. The second-order valence-corrected chi connectivity index (χ2v) is 9.06. The van der Waals surface area contributed by atoms with Gasteiger partial charge in [0, 0.05) is 16.6 Å². The molecule has 7 nitrogen and oxygen atoms in total. The highest BCUT2D eigenvalue weighted by atomic mass is 35.5. The number of thioether (sulfide) groups is 1. The molecular formula is C21H21ClN6OS. The van der Waals surface area contributed by atoms with Crippen molar-refractivity contribution >= 4 is 29.1 Å². The van der Waals surface area contributed by atoms with E-state index in [1.165, 1.54) is 5.56 Å². The maximum absolute atomic E-state index is 6.02. The first-order valence-corrected chi connectivity index (χ1v) is 11.0. The first-order valence-electron chi connectivity index (χ1n) is 9.74. The van der Waals surface area contributed by atoms with Crippen molar-refractivity contribution in [1.82, 2.24) is 25.7 Å². The summed E-state index contributed by atoms with van der Waals surface area (Å²) < 4.78 is 7.25. The van der Waals surface area contributed by atoms with E-state index in [2.05, 4.69) is 34.0 Å². The van der Waals surface area contributed by atoms with E-state index >= 15 is 0 Å². The second kappa shape index (κ2) is 8.03. The average molecular weight is 441 g/mol. The van der Waals surface area contributed by atoms with Crippen molar-refractivity contribution in [2.75, 3.05) is 7.11 Å². The second-order valence-electron chi connectivity index (χ2n) is 7.31. The number of benzene rings is 2. The number of nitrogens with one attached hydrogen (secondary N) is 2. The molecule has 3 aromatic rings. The van der Waals surface area contributed by atoms with Gasteiger partial charge in [-0.05, 0) is 43.2 Å². The number of methoxy groups -OCH3 is 1. The summed E-state index contributed by atoms with van der Waals surface area (Å²) in [4.78, 5) is 0. The quantitative estimate of drug-likeness (QED) is 0.639. The summed E-state index contributed by atoms with van der Waals surface area (Å²) in [6.07, 6.45) is 0.837. The molecule has 0 saturated carbocycles. The Morgan fingerprint density at radius 2 is 1.90 bits per heavy atom. The lowest BCUT2D eigenvalue weighted by molar-refractivity contribution is 0.414. The Hall–Kier alpha value is -2.39. The van der Waals surface area contributed by atoms with Gasteiger partial charge in [0.1, 0.15) is 5.75 Å². The van der Waals surface area contributed by atoms with E-state index in [0.717, 1.165) is 39.4 Å². The molecule has 1 aromatic heterocycles. The van der Waals surface area contributed by atoms with Crippen LogP contribution in [0.25, 0.3) is 0 Å².